The number of halogens is 1. The van der Waals surface area contributed by atoms with Gasteiger partial charge in [-0.3, -0.25) is 4.79 Å². The van der Waals surface area contributed by atoms with Crippen LogP contribution in [-0.2, 0) is 0 Å². The summed E-state index contributed by atoms with van der Waals surface area (Å²) in [6.45, 7) is 8.37. The van der Waals surface area contributed by atoms with Gasteiger partial charge in [0, 0.05) is 12.1 Å². The van der Waals surface area contributed by atoms with E-state index in [9.17, 15) is 4.79 Å². The van der Waals surface area contributed by atoms with Gasteiger partial charge in [0.1, 0.15) is 11.6 Å². The van der Waals surface area contributed by atoms with Crippen molar-refractivity contribution in [3.8, 4) is 5.75 Å². The van der Waals surface area contributed by atoms with E-state index in [0.717, 1.165) is 12.8 Å². The van der Waals surface area contributed by atoms with E-state index in [1.807, 2.05) is 12.2 Å². The second kappa shape index (κ2) is 9.88. The van der Waals surface area contributed by atoms with Crippen molar-refractivity contribution in [1.29, 1.82) is 0 Å². The van der Waals surface area contributed by atoms with Crippen LogP contribution in [0, 0.1) is 5.41 Å². The molecule has 0 heterocycles. The van der Waals surface area contributed by atoms with Gasteiger partial charge < -0.3 is 15.2 Å². The van der Waals surface area contributed by atoms with Crippen LogP contribution in [0.2, 0.25) is 0 Å². The average Bonchev–Trinajstić information content (AvgIpc) is 2.69. The third-order valence-corrected chi connectivity index (χ3v) is 5.49. The molecule has 4 nitrogen and oxygen atoms in total. The van der Waals surface area contributed by atoms with Crippen molar-refractivity contribution in [2.75, 3.05) is 20.3 Å². The number of carbonyl (C=O) groups excluding carboxylic acids is 1. The van der Waals surface area contributed by atoms with Gasteiger partial charge in [-0.2, -0.15) is 0 Å². The summed E-state index contributed by atoms with van der Waals surface area (Å²) in [7, 11) is 1.45. The van der Waals surface area contributed by atoms with Gasteiger partial charge in [0.05, 0.1) is 19.3 Å². The number of aliphatic hydroxyl groups excluding tert-OH is 1. The highest BCUT2D eigenvalue weighted by atomic mass is 19.1. The zero-order valence-electron chi connectivity index (χ0n) is 18.1. The summed E-state index contributed by atoms with van der Waals surface area (Å²) in [6, 6.07) is 4.61. The van der Waals surface area contributed by atoms with Gasteiger partial charge in [0.2, 0.25) is 0 Å². The second-order valence-corrected chi connectivity index (χ2v) is 8.16. The molecule has 1 aliphatic rings. The molecule has 0 fully saturated rings. The van der Waals surface area contributed by atoms with Crippen LogP contribution in [0.1, 0.15) is 62.9 Å². The highest BCUT2D eigenvalue weighted by molar-refractivity contribution is 5.95. The maximum Gasteiger partial charge on any atom is 0.251 e. The molecular weight excluding hydrogens is 369 g/mol. The van der Waals surface area contributed by atoms with Crippen molar-refractivity contribution in [2.45, 2.75) is 47.0 Å². The number of ether oxygens (including phenoxy) is 1. The van der Waals surface area contributed by atoms with Gasteiger partial charge in [-0.15, -0.1) is 0 Å². The topological polar surface area (TPSA) is 58.6 Å². The lowest BCUT2D eigenvalue weighted by molar-refractivity contribution is 0.0944. The Morgan fingerprint density at radius 2 is 2.10 bits per heavy atom. The van der Waals surface area contributed by atoms with Gasteiger partial charge in [-0.25, -0.2) is 4.39 Å². The molecule has 0 atom stereocenters. The monoisotopic (exact) mass is 401 g/mol. The summed E-state index contributed by atoms with van der Waals surface area (Å²) in [5, 5.41) is 11.4. The highest BCUT2D eigenvalue weighted by Crippen LogP contribution is 2.41. The SMILES string of the molecule is COc1cc(C(=O)NCCO)ccc1C(F)=C(C)C=CC1=C(C)CCCC1(C)C. The molecule has 1 amide bonds. The van der Waals surface area contributed by atoms with Crippen molar-refractivity contribution in [2.24, 2.45) is 5.41 Å². The molecule has 0 bridgehead atoms. The molecule has 1 aromatic rings. The van der Waals surface area contributed by atoms with E-state index >= 15 is 4.39 Å². The first-order chi connectivity index (χ1) is 13.7. The predicted molar refractivity (Wildman–Crippen MR) is 116 cm³/mol. The maximum atomic E-state index is 15.2. The minimum atomic E-state index is -0.382. The Morgan fingerprint density at radius 3 is 2.72 bits per heavy atom. The third-order valence-electron chi connectivity index (χ3n) is 5.49. The maximum absolute atomic E-state index is 15.2. The lowest BCUT2D eigenvalue weighted by Crippen LogP contribution is -2.26. The number of carbonyl (C=O) groups is 1. The van der Waals surface area contributed by atoms with E-state index < -0.39 is 0 Å². The number of nitrogens with one attached hydrogen (secondary N) is 1. The molecule has 0 unspecified atom stereocenters. The smallest absolute Gasteiger partial charge is 0.251 e. The Bertz CT molecular complexity index is 850. The van der Waals surface area contributed by atoms with E-state index in [1.54, 1.807) is 19.1 Å². The first-order valence-electron chi connectivity index (χ1n) is 10.0. The number of rotatable bonds is 7. The molecule has 29 heavy (non-hydrogen) atoms. The molecule has 2 N–H and O–H groups in total. The van der Waals surface area contributed by atoms with Crippen LogP contribution in [-0.4, -0.2) is 31.3 Å². The summed E-state index contributed by atoms with van der Waals surface area (Å²) in [5.74, 6) is -0.431. The van der Waals surface area contributed by atoms with E-state index in [1.165, 1.54) is 30.7 Å². The molecule has 5 heteroatoms. The summed E-state index contributed by atoms with van der Waals surface area (Å²) in [6.07, 6.45) is 7.26. The normalized spacial score (nSPS) is 17.3. The van der Waals surface area contributed by atoms with Gasteiger partial charge in [0.15, 0.2) is 0 Å². The second-order valence-electron chi connectivity index (χ2n) is 8.16. The molecule has 2 rings (SSSR count). The molecule has 0 spiro atoms. The molecular formula is C24H32FNO3. The summed E-state index contributed by atoms with van der Waals surface area (Å²) in [5.41, 5.74) is 3.89. The fourth-order valence-corrected chi connectivity index (χ4v) is 3.79. The Morgan fingerprint density at radius 1 is 1.38 bits per heavy atom. The fraction of sp³-hybridized carbons (Fsp3) is 0.458. The van der Waals surface area contributed by atoms with Crippen molar-refractivity contribution >= 4 is 11.7 Å². The minimum Gasteiger partial charge on any atom is -0.496 e. The molecule has 0 saturated heterocycles. The summed E-state index contributed by atoms with van der Waals surface area (Å²) < 4.78 is 20.5. The van der Waals surface area contributed by atoms with Crippen LogP contribution in [0.15, 0.2) is 47.1 Å². The lowest BCUT2D eigenvalue weighted by atomic mass is 9.72. The van der Waals surface area contributed by atoms with Crippen molar-refractivity contribution in [3.63, 3.8) is 0 Å². The Kier molecular flexibility index (Phi) is 7.80. The average molecular weight is 402 g/mol. The molecule has 0 aromatic heterocycles. The zero-order chi connectivity index (χ0) is 21.6. The number of allylic oxidation sites excluding steroid dienone is 5. The van der Waals surface area contributed by atoms with E-state index in [0.29, 0.717) is 22.4 Å². The number of hydrogen-bond acceptors (Lipinski definition) is 3. The highest BCUT2D eigenvalue weighted by Gasteiger charge is 2.26. The van der Waals surface area contributed by atoms with Gasteiger partial charge in [0.25, 0.3) is 5.91 Å². The fourth-order valence-electron chi connectivity index (χ4n) is 3.79. The van der Waals surface area contributed by atoms with Crippen molar-refractivity contribution < 1.29 is 19.0 Å². The lowest BCUT2D eigenvalue weighted by Gasteiger charge is -2.33. The van der Waals surface area contributed by atoms with Crippen LogP contribution in [0.4, 0.5) is 4.39 Å². The largest absolute Gasteiger partial charge is 0.496 e. The molecule has 0 radical (unpaired) electrons. The van der Waals surface area contributed by atoms with Gasteiger partial charge >= 0.3 is 0 Å². The first-order valence-corrected chi connectivity index (χ1v) is 10.0. The van der Waals surface area contributed by atoms with Crippen molar-refractivity contribution in [3.05, 3.63) is 58.2 Å². The number of benzene rings is 1. The van der Waals surface area contributed by atoms with Gasteiger partial charge in [-0.1, -0.05) is 31.6 Å². The van der Waals surface area contributed by atoms with Crippen LogP contribution in [0.5, 0.6) is 5.75 Å². The van der Waals surface area contributed by atoms with Crippen molar-refractivity contribution in [1.82, 2.24) is 5.32 Å². The minimum absolute atomic E-state index is 0.0941. The Hall–Kier alpha value is -2.40. The molecule has 0 saturated carbocycles. The number of methoxy groups -OCH3 is 1. The van der Waals surface area contributed by atoms with E-state index in [-0.39, 0.29) is 30.3 Å². The third kappa shape index (κ3) is 5.57. The number of aliphatic hydroxyl groups is 1. The van der Waals surface area contributed by atoms with Crippen LogP contribution >= 0.6 is 0 Å². The van der Waals surface area contributed by atoms with E-state index in [2.05, 4.69) is 26.1 Å². The zero-order valence-corrected chi connectivity index (χ0v) is 18.1. The van der Waals surface area contributed by atoms with Crippen LogP contribution < -0.4 is 10.1 Å². The predicted octanol–water partition coefficient (Wildman–Crippen LogP) is 5.20. The summed E-state index contributed by atoms with van der Waals surface area (Å²) >= 11 is 0. The quantitative estimate of drug-likeness (QED) is 0.618. The molecule has 1 aromatic carbocycles. The number of amides is 1. The first kappa shape index (κ1) is 22.9. The van der Waals surface area contributed by atoms with E-state index in [4.69, 9.17) is 9.84 Å². The number of hydrogen-bond donors (Lipinski definition) is 2. The van der Waals surface area contributed by atoms with Gasteiger partial charge in [-0.05, 0) is 67.9 Å². The summed E-state index contributed by atoms with van der Waals surface area (Å²) in [4.78, 5) is 12.1. The van der Waals surface area contributed by atoms with Crippen LogP contribution in [0.25, 0.3) is 5.83 Å². The Labute approximate surface area is 173 Å². The standard InChI is InChI=1S/C24H32FNO3/c1-16-7-6-12-24(3,4)20(16)11-8-17(2)22(25)19-10-9-18(15-21(19)29-5)23(28)26-13-14-27/h8-11,15,27H,6-7,12-14H2,1-5H3,(H,26,28). The van der Waals surface area contributed by atoms with Crippen LogP contribution in [0.3, 0.4) is 0 Å². The molecule has 0 aliphatic heterocycles. The Balaban J connectivity index is 2.33. The molecule has 158 valence electrons. The molecule has 1 aliphatic carbocycles.